The van der Waals surface area contributed by atoms with Gasteiger partial charge < -0.3 is 40.5 Å². The summed E-state index contributed by atoms with van der Waals surface area (Å²) in [6.07, 6.45) is -0.332. The van der Waals surface area contributed by atoms with Crippen molar-refractivity contribution in [1.29, 1.82) is 0 Å². The second-order valence-electron chi connectivity index (χ2n) is 11.4. The summed E-state index contributed by atoms with van der Waals surface area (Å²) in [5.41, 5.74) is 6.65. The second-order valence-corrected chi connectivity index (χ2v) is 11.4. The average Bonchev–Trinajstić information content (AvgIpc) is 3.62. The smallest absolute Gasteiger partial charge is 0.409 e. The van der Waals surface area contributed by atoms with Crippen molar-refractivity contribution in [3.8, 4) is 11.8 Å². The van der Waals surface area contributed by atoms with Crippen molar-refractivity contribution < 1.29 is 34.1 Å². The number of fused-ring (bicyclic) bond motifs is 1. The fourth-order valence-corrected chi connectivity index (χ4v) is 5.48. The van der Waals surface area contributed by atoms with Gasteiger partial charge in [-0.05, 0) is 37.5 Å². The van der Waals surface area contributed by atoms with E-state index in [0.29, 0.717) is 26.1 Å². The maximum atomic E-state index is 12.5. The lowest BCUT2D eigenvalue weighted by atomic mass is 9.94. The molecule has 5 atom stereocenters. The van der Waals surface area contributed by atoms with E-state index in [1.807, 2.05) is 0 Å². The third kappa shape index (κ3) is 5.57. The van der Waals surface area contributed by atoms with Crippen molar-refractivity contribution in [3.63, 3.8) is 0 Å². The lowest BCUT2D eigenvalue weighted by Gasteiger charge is -2.36. The molecule has 42 heavy (non-hydrogen) atoms. The minimum atomic E-state index is -1.42. The van der Waals surface area contributed by atoms with E-state index in [0.717, 1.165) is 25.7 Å². The number of hydrogen-bond donors (Lipinski definition) is 4. The van der Waals surface area contributed by atoms with E-state index in [-0.39, 0.29) is 53.2 Å². The Morgan fingerprint density at radius 1 is 1.19 bits per heavy atom. The van der Waals surface area contributed by atoms with Crippen molar-refractivity contribution in [2.45, 2.75) is 62.7 Å². The molecule has 5 unspecified atom stereocenters. The minimum Gasteiger partial charge on any atom is -0.448 e. The molecule has 2 aromatic rings. The second kappa shape index (κ2) is 11.3. The zero-order valence-corrected chi connectivity index (χ0v) is 23.2. The first-order valence-corrected chi connectivity index (χ1v) is 14.2. The highest BCUT2D eigenvalue weighted by Gasteiger charge is 2.48. The standard InChI is InChI=1S/C27H34N8O7/c1-33-11-15(25(33)39)12-41-27(40)34-9-7-14(8-10-34)3-2-4-17-31-22(28)18-23(32-17)35(13-29-18)26-20(37)19(36)21(42-26)24(38)30-16-5-6-16/h13-16,19-21,26,36-37H,3,5-12H2,1H3,(H,30,38)(H2,28,31,32). The molecule has 15 heteroatoms. The van der Waals surface area contributed by atoms with Crippen LogP contribution in [0.3, 0.4) is 0 Å². The topological polar surface area (TPSA) is 198 Å². The van der Waals surface area contributed by atoms with Gasteiger partial charge in [0.15, 0.2) is 23.8 Å². The normalized spacial score (nSPS) is 27.9. The SMILES string of the molecule is CN1CC(COC(=O)N2CCC(CC#Cc3nc(N)c4ncn(C5OC(C(=O)NC6CC6)C(O)C5O)c4n3)CC2)C1=O. The first kappa shape index (κ1) is 28.1. The number of aliphatic hydroxyl groups is 2. The van der Waals surface area contributed by atoms with E-state index in [9.17, 15) is 24.6 Å². The van der Waals surface area contributed by atoms with Crippen LogP contribution in [0.1, 0.15) is 44.2 Å². The number of likely N-dealkylation sites (tertiary alicyclic amines) is 2. The number of anilines is 1. The molecule has 2 aromatic heterocycles. The Hall–Kier alpha value is -4.00. The number of nitrogens with two attached hydrogens (primary N) is 1. The number of aromatic nitrogens is 4. The number of nitrogen functional groups attached to an aromatic ring is 1. The van der Waals surface area contributed by atoms with Gasteiger partial charge >= 0.3 is 6.09 Å². The zero-order chi connectivity index (χ0) is 29.5. The van der Waals surface area contributed by atoms with Gasteiger partial charge in [-0.25, -0.2) is 19.7 Å². The number of nitrogens with one attached hydrogen (secondary N) is 1. The Morgan fingerprint density at radius 2 is 1.95 bits per heavy atom. The maximum absolute atomic E-state index is 12.5. The quantitative estimate of drug-likeness (QED) is 0.240. The highest BCUT2D eigenvalue weighted by molar-refractivity contribution is 5.85. The maximum Gasteiger partial charge on any atom is 0.409 e. The van der Waals surface area contributed by atoms with Crippen LogP contribution in [-0.2, 0) is 19.1 Å². The monoisotopic (exact) mass is 582 g/mol. The summed E-state index contributed by atoms with van der Waals surface area (Å²) in [6.45, 7) is 1.82. The molecule has 3 saturated heterocycles. The van der Waals surface area contributed by atoms with E-state index >= 15 is 0 Å². The summed E-state index contributed by atoms with van der Waals surface area (Å²) in [6, 6.07) is 0.0775. The van der Waals surface area contributed by atoms with Gasteiger partial charge in [0.25, 0.3) is 5.91 Å². The predicted octanol–water partition coefficient (Wildman–Crippen LogP) is -1.02. The molecule has 1 aliphatic carbocycles. The van der Waals surface area contributed by atoms with Gasteiger partial charge in [0.1, 0.15) is 24.3 Å². The molecule has 0 aromatic carbocycles. The van der Waals surface area contributed by atoms with Crippen LogP contribution in [0.4, 0.5) is 10.6 Å². The number of carbonyl (C=O) groups is 3. The number of amides is 3. The van der Waals surface area contributed by atoms with E-state index in [4.69, 9.17) is 15.2 Å². The number of piperidine rings is 1. The third-order valence-corrected chi connectivity index (χ3v) is 8.23. The largest absolute Gasteiger partial charge is 0.448 e. The van der Waals surface area contributed by atoms with Crippen molar-refractivity contribution >= 4 is 34.9 Å². The number of hydrogen-bond acceptors (Lipinski definition) is 11. The van der Waals surface area contributed by atoms with Gasteiger partial charge in [-0.3, -0.25) is 14.2 Å². The van der Waals surface area contributed by atoms with Crippen molar-refractivity contribution in [2.24, 2.45) is 11.8 Å². The molecule has 6 rings (SSSR count). The van der Waals surface area contributed by atoms with E-state index < -0.39 is 36.5 Å². The summed E-state index contributed by atoms with van der Waals surface area (Å²) >= 11 is 0. The number of ether oxygens (including phenoxy) is 2. The lowest BCUT2D eigenvalue weighted by molar-refractivity contribution is -0.147. The summed E-state index contributed by atoms with van der Waals surface area (Å²) in [5, 5.41) is 23.9. The van der Waals surface area contributed by atoms with Gasteiger partial charge in [-0.1, -0.05) is 5.92 Å². The summed E-state index contributed by atoms with van der Waals surface area (Å²) in [5.74, 6) is 5.87. The lowest BCUT2D eigenvalue weighted by Crippen LogP contribution is -2.52. The van der Waals surface area contributed by atoms with Crippen molar-refractivity contribution in [2.75, 3.05) is 39.0 Å². The van der Waals surface area contributed by atoms with Crippen molar-refractivity contribution in [3.05, 3.63) is 12.2 Å². The molecule has 4 fully saturated rings. The minimum absolute atomic E-state index is 0.000459. The van der Waals surface area contributed by atoms with Gasteiger partial charge in [-0.2, -0.15) is 0 Å². The van der Waals surface area contributed by atoms with Crippen LogP contribution >= 0.6 is 0 Å². The fraction of sp³-hybridized carbons (Fsp3) is 0.630. The van der Waals surface area contributed by atoms with Crippen LogP contribution in [0.25, 0.3) is 11.2 Å². The van der Waals surface area contributed by atoms with Gasteiger partial charge in [-0.15, -0.1) is 0 Å². The van der Waals surface area contributed by atoms with Crippen LogP contribution in [0.2, 0.25) is 0 Å². The highest BCUT2D eigenvalue weighted by Crippen LogP contribution is 2.33. The van der Waals surface area contributed by atoms with Gasteiger partial charge in [0, 0.05) is 39.1 Å². The molecular formula is C27H34N8O7. The molecule has 15 nitrogen and oxygen atoms in total. The van der Waals surface area contributed by atoms with Gasteiger partial charge in [0.05, 0.1) is 12.2 Å². The van der Waals surface area contributed by atoms with E-state index in [1.54, 1.807) is 16.8 Å². The number of rotatable bonds is 6. The Labute approximate surface area is 241 Å². The molecule has 3 amide bonds. The Morgan fingerprint density at radius 3 is 2.64 bits per heavy atom. The summed E-state index contributed by atoms with van der Waals surface area (Å²) in [7, 11) is 1.72. The van der Waals surface area contributed by atoms with Crippen LogP contribution in [-0.4, -0.2) is 115 Å². The van der Waals surface area contributed by atoms with Crippen LogP contribution < -0.4 is 11.1 Å². The van der Waals surface area contributed by atoms with Crippen molar-refractivity contribution in [1.82, 2.24) is 34.6 Å². The van der Waals surface area contributed by atoms with E-state index in [1.165, 1.54) is 10.9 Å². The number of β-lactam (4-membered cyclic amide) rings is 1. The average molecular weight is 583 g/mol. The Bertz CT molecular complexity index is 1440. The molecular weight excluding hydrogens is 548 g/mol. The van der Waals surface area contributed by atoms with Crippen LogP contribution in [0, 0.1) is 23.7 Å². The first-order valence-electron chi connectivity index (χ1n) is 14.2. The number of carbonyl (C=O) groups excluding carboxylic acids is 3. The third-order valence-electron chi connectivity index (χ3n) is 8.23. The first-order chi connectivity index (χ1) is 20.2. The number of aliphatic hydroxyl groups excluding tert-OH is 2. The Kier molecular flexibility index (Phi) is 7.60. The van der Waals surface area contributed by atoms with Crippen LogP contribution in [0.15, 0.2) is 6.33 Å². The number of nitrogens with zero attached hydrogens (tertiary/aromatic N) is 6. The molecule has 224 valence electrons. The molecule has 5 heterocycles. The Balaban J connectivity index is 1.05. The molecule has 5 N–H and O–H groups in total. The molecule has 0 spiro atoms. The summed E-state index contributed by atoms with van der Waals surface area (Å²) in [4.78, 5) is 52.7. The molecule has 3 aliphatic heterocycles. The molecule has 0 bridgehead atoms. The van der Waals surface area contributed by atoms with Gasteiger partial charge in [0.2, 0.25) is 11.7 Å². The van der Waals surface area contributed by atoms with E-state index in [2.05, 4.69) is 32.1 Å². The zero-order valence-electron chi connectivity index (χ0n) is 23.2. The number of imidazole rings is 1. The molecule has 1 saturated carbocycles. The van der Waals surface area contributed by atoms with Crippen LogP contribution in [0.5, 0.6) is 0 Å². The molecule has 0 radical (unpaired) electrons. The predicted molar refractivity (Wildman–Crippen MR) is 145 cm³/mol. The fourth-order valence-electron chi connectivity index (χ4n) is 5.48. The summed E-state index contributed by atoms with van der Waals surface area (Å²) < 4.78 is 12.5. The molecule has 4 aliphatic rings. The highest BCUT2D eigenvalue weighted by atomic mass is 16.6.